The summed E-state index contributed by atoms with van der Waals surface area (Å²) in [7, 11) is 0. The Hall–Kier alpha value is -3.11. The van der Waals surface area contributed by atoms with Crippen molar-refractivity contribution in [3.63, 3.8) is 0 Å². The van der Waals surface area contributed by atoms with Crippen LogP contribution >= 0.6 is 11.6 Å². The quantitative estimate of drug-likeness (QED) is 0.651. The Bertz CT molecular complexity index is 908. The number of hydrogen-bond acceptors (Lipinski definition) is 3. The number of benzene rings is 3. The fraction of sp³-hybridized carbons (Fsp3) is 0.0476. The summed E-state index contributed by atoms with van der Waals surface area (Å²) in [5.41, 5.74) is 2.36. The van der Waals surface area contributed by atoms with Crippen molar-refractivity contribution >= 4 is 29.2 Å². The minimum atomic E-state index is -0.485. The fourth-order valence-corrected chi connectivity index (χ4v) is 2.54. The minimum absolute atomic E-state index is 0.102. The van der Waals surface area contributed by atoms with Crippen molar-refractivity contribution in [3.05, 3.63) is 101 Å². The second-order valence-electron chi connectivity index (χ2n) is 5.57. The molecule has 0 aromatic heterocycles. The summed E-state index contributed by atoms with van der Waals surface area (Å²) >= 11 is 5.98. The van der Waals surface area contributed by atoms with Crippen molar-refractivity contribution in [2.75, 3.05) is 5.32 Å². The molecule has 5 heteroatoms. The van der Waals surface area contributed by atoms with Crippen molar-refractivity contribution in [1.82, 2.24) is 0 Å². The van der Waals surface area contributed by atoms with Crippen LogP contribution < -0.4 is 5.32 Å². The third kappa shape index (κ3) is 4.49. The number of nitrogens with one attached hydrogen (secondary N) is 1. The van der Waals surface area contributed by atoms with Crippen LogP contribution in [-0.4, -0.2) is 11.9 Å². The Morgan fingerprint density at radius 2 is 1.50 bits per heavy atom. The molecule has 0 heterocycles. The van der Waals surface area contributed by atoms with E-state index in [1.165, 1.54) is 0 Å². The van der Waals surface area contributed by atoms with Gasteiger partial charge in [-0.05, 0) is 42.0 Å². The number of para-hydroxylation sites is 1. The molecule has 0 fully saturated rings. The van der Waals surface area contributed by atoms with Gasteiger partial charge in [0.1, 0.15) is 6.61 Å². The van der Waals surface area contributed by atoms with Crippen LogP contribution in [0.4, 0.5) is 5.69 Å². The van der Waals surface area contributed by atoms with Crippen molar-refractivity contribution in [2.45, 2.75) is 6.61 Å². The molecule has 3 rings (SSSR count). The van der Waals surface area contributed by atoms with Crippen molar-refractivity contribution in [2.24, 2.45) is 0 Å². The van der Waals surface area contributed by atoms with E-state index in [-0.39, 0.29) is 12.5 Å². The third-order valence-electron chi connectivity index (χ3n) is 3.71. The molecule has 0 atom stereocenters. The first-order valence-corrected chi connectivity index (χ1v) is 8.38. The largest absolute Gasteiger partial charge is 0.457 e. The Morgan fingerprint density at radius 1 is 0.846 bits per heavy atom. The lowest BCUT2D eigenvalue weighted by Crippen LogP contribution is -2.12. The first-order chi connectivity index (χ1) is 12.6. The summed E-state index contributed by atoms with van der Waals surface area (Å²) in [5.74, 6) is -0.683. The van der Waals surface area contributed by atoms with Gasteiger partial charge in [-0.1, -0.05) is 54.1 Å². The van der Waals surface area contributed by atoms with Crippen LogP contribution in [0.25, 0.3) is 0 Å². The molecule has 3 aromatic rings. The minimum Gasteiger partial charge on any atom is -0.457 e. The molecule has 130 valence electrons. The summed E-state index contributed by atoms with van der Waals surface area (Å²) < 4.78 is 5.27. The van der Waals surface area contributed by atoms with Crippen molar-refractivity contribution in [3.8, 4) is 0 Å². The lowest BCUT2D eigenvalue weighted by molar-refractivity contribution is 0.0472. The molecule has 0 radical (unpaired) electrons. The highest BCUT2D eigenvalue weighted by Gasteiger charge is 2.11. The number of amides is 1. The maximum Gasteiger partial charge on any atom is 0.339 e. The van der Waals surface area contributed by atoms with E-state index in [1.807, 2.05) is 30.3 Å². The van der Waals surface area contributed by atoms with E-state index in [0.717, 1.165) is 11.3 Å². The van der Waals surface area contributed by atoms with E-state index < -0.39 is 5.97 Å². The molecule has 0 saturated carbocycles. The molecule has 0 saturated heterocycles. The predicted octanol–water partition coefficient (Wildman–Crippen LogP) is 4.95. The Morgan fingerprint density at radius 3 is 2.19 bits per heavy atom. The maximum atomic E-state index is 12.2. The number of hydrogen-bond donors (Lipinski definition) is 1. The van der Waals surface area contributed by atoms with E-state index in [2.05, 4.69) is 5.32 Å². The first-order valence-electron chi connectivity index (χ1n) is 8.00. The SMILES string of the molecule is O=C(Nc1ccccc1)c1ccc(COC(=O)c2ccccc2Cl)cc1. The van der Waals surface area contributed by atoms with Crippen LogP contribution in [0.2, 0.25) is 5.02 Å². The summed E-state index contributed by atoms with van der Waals surface area (Å²) in [6, 6.07) is 22.8. The van der Waals surface area contributed by atoms with Gasteiger partial charge in [-0.15, -0.1) is 0 Å². The van der Waals surface area contributed by atoms with Crippen LogP contribution in [0, 0.1) is 0 Å². The highest BCUT2D eigenvalue weighted by Crippen LogP contribution is 2.17. The molecule has 1 N–H and O–H groups in total. The van der Waals surface area contributed by atoms with E-state index in [4.69, 9.17) is 16.3 Å². The van der Waals surface area contributed by atoms with Gasteiger partial charge in [0.05, 0.1) is 10.6 Å². The van der Waals surface area contributed by atoms with Crippen LogP contribution in [0.3, 0.4) is 0 Å². The van der Waals surface area contributed by atoms with Crippen LogP contribution in [0.15, 0.2) is 78.9 Å². The molecule has 0 aliphatic heterocycles. The van der Waals surface area contributed by atoms with Crippen molar-refractivity contribution in [1.29, 1.82) is 0 Å². The lowest BCUT2D eigenvalue weighted by Gasteiger charge is -2.08. The van der Waals surface area contributed by atoms with Gasteiger partial charge in [-0.3, -0.25) is 4.79 Å². The van der Waals surface area contributed by atoms with Crippen LogP contribution in [-0.2, 0) is 11.3 Å². The summed E-state index contributed by atoms with van der Waals surface area (Å²) in [6.45, 7) is 0.102. The van der Waals surface area contributed by atoms with Crippen LogP contribution in [0.1, 0.15) is 26.3 Å². The second kappa shape index (κ2) is 8.32. The number of ether oxygens (including phenoxy) is 1. The van der Waals surface area contributed by atoms with Gasteiger partial charge in [-0.2, -0.15) is 0 Å². The first kappa shape index (κ1) is 17.7. The van der Waals surface area contributed by atoms with E-state index >= 15 is 0 Å². The van der Waals surface area contributed by atoms with Gasteiger partial charge in [0.25, 0.3) is 5.91 Å². The molecule has 0 spiro atoms. The average Bonchev–Trinajstić information content (AvgIpc) is 2.67. The lowest BCUT2D eigenvalue weighted by atomic mass is 10.1. The smallest absolute Gasteiger partial charge is 0.339 e. The van der Waals surface area contributed by atoms with Gasteiger partial charge in [-0.25, -0.2) is 4.79 Å². The maximum absolute atomic E-state index is 12.2. The molecule has 4 nitrogen and oxygen atoms in total. The zero-order valence-electron chi connectivity index (χ0n) is 13.8. The summed E-state index contributed by atoms with van der Waals surface area (Å²) in [4.78, 5) is 24.2. The zero-order valence-corrected chi connectivity index (χ0v) is 14.6. The number of rotatable bonds is 5. The zero-order chi connectivity index (χ0) is 18.4. The summed E-state index contributed by atoms with van der Waals surface area (Å²) in [6.07, 6.45) is 0. The number of halogens is 1. The van der Waals surface area contributed by atoms with Gasteiger partial charge >= 0.3 is 5.97 Å². The number of carbonyl (C=O) groups excluding carboxylic acids is 2. The van der Waals surface area contributed by atoms with Crippen molar-refractivity contribution < 1.29 is 14.3 Å². The molecule has 0 aliphatic rings. The molecule has 0 bridgehead atoms. The Labute approximate surface area is 156 Å². The monoisotopic (exact) mass is 365 g/mol. The molecule has 0 unspecified atom stereocenters. The number of anilines is 1. The Kier molecular flexibility index (Phi) is 5.66. The third-order valence-corrected chi connectivity index (χ3v) is 4.04. The summed E-state index contributed by atoms with van der Waals surface area (Å²) in [5, 5.41) is 3.17. The molecule has 0 aliphatic carbocycles. The topological polar surface area (TPSA) is 55.4 Å². The van der Waals surface area contributed by atoms with Gasteiger partial charge in [0, 0.05) is 11.3 Å². The fourth-order valence-electron chi connectivity index (χ4n) is 2.33. The molecule has 26 heavy (non-hydrogen) atoms. The predicted molar refractivity (Wildman–Crippen MR) is 101 cm³/mol. The van der Waals surface area contributed by atoms with E-state index in [0.29, 0.717) is 16.1 Å². The normalized spacial score (nSPS) is 10.2. The number of esters is 1. The van der Waals surface area contributed by atoms with E-state index in [1.54, 1.807) is 48.5 Å². The van der Waals surface area contributed by atoms with Crippen LogP contribution in [0.5, 0.6) is 0 Å². The van der Waals surface area contributed by atoms with Gasteiger partial charge in [0.2, 0.25) is 0 Å². The molecular formula is C21H16ClNO3. The van der Waals surface area contributed by atoms with E-state index in [9.17, 15) is 9.59 Å². The van der Waals surface area contributed by atoms with Gasteiger partial charge in [0.15, 0.2) is 0 Å². The molecular weight excluding hydrogens is 350 g/mol. The van der Waals surface area contributed by atoms with Gasteiger partial charge < -0.3 is 10.1 Å². The average molecular weight is 366 g/mol. The number of carbonyl (C=O) groups is 2. The standard InChI is InChI=1S/C21H16ClNO3/c22-19-9-5-4-8-18(19)21(25)26-14-15-10-12-16(13-11-15)20(24)23-17-6-2-1-3-7-17/h1-13H,14H2,(H,23,24). The Balaban J connectivity index is 1.58. The molecule has 1 amide bonds. The highest BCUT2D eigenvalue weighted by molar-refractivity contribution is 6.33. The highest BCUT2D eigenvalue weighted by atomic mass is 35.5. The second-order valence-corrected chi connectivity index (χ2v) is 5.98. The molecule has 3 aromatic carbocycles.